The Bertz CT molecular complexity index is 875. The monoisotopic (exact) mass is 358 g/mol. The third kappa shape index (κ3) is 4.28. The lowest BCUT2D eigenvalue weighted by Crippen LogP contribution is -2.18. The molecular formula is C16H14N4O4S. The fourth-order valence-corrected chi connectivity index (χ4v) is 2.82. The minimum absolute atomic E-state index is 0.0506. The van der Waals surface area contributed by atoms with Crippen LogP contribution in [-0.4, -0.2) is 27.2 Å². The SMILES string of the molecule is O=C(CCc1cc(C(=O)NO)no1)Nc1nc(-c2ccccc2)cs1. The van der Waals surface area contributed by atoms with Gasteiger partial charge in [0.25, 0.3) is 5.91 Å². The van der Waals surface area contributed by atoms with Crippen LogP contribution < -0.4 is 10.8 Å². The van der Waals surface area contributed by atoms with Crippen LogP contribution in [0.5, 0.6) is 0 Å². The van der Waals surface area contributed by atoms with E-state index in [4.69, 9.17) is 9.73 Å². The molecule has 2 aromatic heterocycles. The zero-order chi connectivity index (χ0) is 17.6. The molecule has 9 heteroatoms. The summed E-state index contributed by atoms with van der Waals surface area (Å²) in [6.45, 7) is 0. The Labute approximate surface area is 146 Å². The van der Waals surface area contributed by atoms with Crippen LogP contribution in [0.4, 0.5) is 5.13 Å². The Morgan fingerprint density at radius 1 is 1.24 bits per heavy atom. The molecule has 3 aromatic rings. The van der Waals surface area contributed by atoms with Gasteiger partial charge in [-0.05, 0) is 0 Å². The summed E-state index contributed by atoms with van der Waals surface area (Å²) in [7, 11) is 0. The van der Waals surface area contributed by atoms with Gasteiger partial charge in [0.2, 0.25) is 5.91 Å². The van der Waals surface area contributed by atoms with E-state index in [0.29, 0.717) is 10.9 Å². The zero-order valence-corrected chi connectivity index (χ0v) is 13.7. The van der Waals surface area contributed by atoms with Gasteiger partial charge in [0.05, 0.1) is 5.69 Å². The summed E-state index contributed by atoms with van der Waals surface area (Å²) in [5.41, 5.74) is 3.19. The third-order valence-electron chi connectivity index (χ3n) is 3.31. The molecule has 0 aliphatic heterocycles. The van der Waals surface area contributed by atoms with E-state index in [2.05, 4.69) is 15.5 Å². The van der Waals surface area contributed by atoms with E-state index in [1.54, 1.807) is 0 Å². The largest absolute Gasteiger partial charge is 0.361 e. The number of hydroxylamine groups is 1. The summed E-state index contributed by atoms with van der Waals surface area (Å²) < 4.78 is 4.94. The normalized spacial score (nSPS) is 10.4. The van der Waals surface area contributed by atoms with Crippen molar-refractivity contribution in [2.75, 3.05) is 5.32 Å². The molecule has 0 aliphatic rings. The van der Waals surface area contributed by atoms with Crippen molar-refractivity contribution < 1.29 is 19.3 Å². The minimum atomic E-state index is -0.768. The third-order valence-corrected chi connectivity index (χ3v) is 4.07. The van der Waals surface area contributed by atoms with E-state index in [1.165, 1.54) is 22.9 Å². The molecule has 0 aliphatic carbocycles. The fraction of sp³-hybridized carbons (Fsp3) is 0.125. The van der Waals surface area contributed by atoms with Gasteiger partial charge in [-0.2, -0.15) is 0 Å². The number of thiazole rings is 1. The average Bonchev–Trinajstić information content (AvgIpc) is 3.29. The number of carbonyl (C=O) groups excluding carboxylic acids is 2. The minimum Gasteiger partial charge on any atom is -0.361 e. The molecule has 2 heterocycles. The van der Waals surface area contributed by atoms with Crippen LogP contribution in [0.1, 0.15) is 22.7 Å². The van der Waals surface area contributed by atoms with Crippen LogP contribution in [0, 0.1) is 0 Å². The van der Waals surface area contributed by atoms with E-state index >= 15 is 0 Å². The van der Waals surface area contributed by atoms with Gasteiger partial charge in [0.15, 0.2) is 10.8 Å². The van der Waals surface area contributed by atoms with E-state index in [9.17, 15) is 9.59 Å². The number of rotatable bonds is 6. The van der Waals surface area contributed by atoms with E-state index in [0.717, 1.165) is 11.3 Å². The standard InChI is InChI=1S/C16H14N4O4S/c21-14(7-6-11-8-12(20-24-11)15(22)19-23)18-16-17-13(9-25-16)10-4-2-1-3-5-10/h1-5,8-9,23H,6-7H2,(H,19,22)(H,17,18,21). The van der Waals surface area contributed by atoms with E-state index in [1.807, 2.05) is 35.7 Å². The maximum atomic E-state index is 12.0. The van der Waals surface area contributed by atoms with Gasteiger partial charge in [-0.25, -0.2) is 10.5 Å². The van der Waals surface area contributed by atoms with Gasteiger partial charge >= 0.3 is 0 Å². The first-order valence-electron chi connectivity index (χ1n) is 7.36. The van der Waals surface area contributed by atoms with Gasteiger partial charge in [-0.15, -0.1) is 11.3 Å². The van der Waals surface area contributed by atoms with Crippen molar-refractivity contribution in [2.45, 2.75) is 12.8 Å². The number of aromatic nitrogens is 2. The van der Waals surface area contributed by atoms with Crippen LogP contribution in [0.15, 0.2) is 46.3 Å². The lowest BCUT2D eigenvalue weighted by Gasteiger charge is -1.99. The molecule has 128 valence electrons. The summed E-state index contributed by atoms with van der Waals surface area (Å²) in [5.74, 6) is -0.618. The zero-order valence-electron chi connectivity index (χ0n) is 12.9. The smallest absolute Gasteiger partial charge is 0.296 e. The lowest BCUT2D eigenvalue weighted by atomic mass is 10.2. The molecule has 3 rings (SSSR count). The fourth-order valence-electron chi connectivity index (χ4n) is 2.09. The molecule has 2 amide bonds. The molecular weight excluding hydrogens is 344 g/mol. The molecule has 0 fully saturated rings. The van der Waals surface area contributed by atoms with Crippen molar-refractivity contribution in [1.29, 1.82) is 0 Å². The van der Waals surface area contributed by atoms with Crippen LogP contribution in [0.25, 0.3) is 11.3 Å². The summed E-state index contributed by atoms with van der Waals surface area (Å²) in [4.78, 5) is 27.5. The second kappa shape index (κ2) is 7.69. The molecule has 0 bridgehead atoms. The highest BCUT2D eigenvalue weighted by Gasteiger charge is 2.13. The second-order valence-corrected chi connectivity index (χ2v) is 5.93. The van der Waals surface area contributed by atoms with Crippen molar-refractivity contribution in [1.82, 2.24) is 15.6 Å². The molecule has 0 saturated heterocycles. The molecule has 0 unspecified atom stereocenters. The highest BCUT2D eigenvalue weighted by Crippen LogP contribution is 2.24. The number of hydrogen-bond acceptors (Lipinski definition) is 7. The Morgan fingerprint density at radius 3 is 2.80 bits per heavy atom. The summed E-state index contributed by atoms with van der Waals surface area (Å²) >= 11 is 1.35. The number of nitrogens with zero attached hydrogens (tertiary/aromatic N) is 2. The van der Waals surface area contributed by atoms with Gasteiger partial charge < -0.3 is 9.84 Å². The van der Waals surface area contributed by atoms with Gasteiger partial charge in [-0.3, -0.25) is 14.8 Å². The Balaban J connectivity index is 1.54. The van der Waals surface area contributed by atoms with Gasteiger partial charge in [0.1, 0.15) is 5.76 Å². The highest BCUT2D eigenvalue weighted by molar-refractivity contribution is 7.14. The summed E-state index contributed by atoms with van der Waals surface area (Å²) in [5, 5.41) is 17.1. The van der Waals surface area contributed by atoms with Crippen LogP contribution in [-0.2, 0) is 11.2 Å². The molecule has 0 atom stereocenters. The quantitative estimate of drug-likeness (QED) is 0.460. The molecule has 25 heavy (non-hydrogen) atoms. The second-order valence-electron chi connectivity index (χ2n) is 5.07. The molecule has 0 saturated carbocycles. The topological polar surface area (TPSA) is 117 Å². The summed E-state index contributed by atoms with van der Waals surface area (Å²) in [6.07, 6.45) is 0.421. The Morgan fingerprint density at radius 2 is 2.04 bits per heavy atom. The molecule has 0 radical (unpaired) electrons. The number of anilines is 1. The van der Waals surface area contributed by atoms with E-state index in [-0.39, 0.29) is 24.4 Å². The Kier molecular flexibility index (Phi) is 5.17. The number of nitrogens with one attached hydrogen (secondary N) is 2. The number of carbonyl (C=O) groups is 2. The van der Waals surface area contributed by atoms with Crippen LogP contribution in [0.2, 0.25) is 0 Å². The Hall–Kier alpha value is -3.04. The first kappa shape index (κ1) is 16.8. The highest BCUT2D eigenvalue weighted by atomic mass is 32.1. The number of benzene rings is 1. The first-order valence-corrected chi connectivity index (χ1v) is 8.24. The molecule has 3 N–H and O–H groups in total. The van der Waals surface area contributed by atoms with Crippen LogP contribution >= 0.6 is 11.3 Å². The van der Waals surface area contributed by atoms with Gasteiger partial charge in [-0.1, -0.05) is 35.5 Å². The predicted molar refractivity (Wildman–Crippen MR) is 90.3 cm³/mol. The van der Waals surface area contributed by atoms with Crippen molar-refractivity contribution >= 4 is 28.3 Å². The average molecular weight is 358 g/mol. The first-order chi connectivity index (χ1) is 12.2. The lowest BCUT2D eigenvalue weighted by molar-refractivity contribution is -0.116. The summed E-state index contributed by atoms with van der Waals surface area (Å²) in [6, 6.07) is 11.0. The number of amides is 2. The van der Waals surface area contributed by atoms with E-state index < -0.39 is 5.91 Å². The molecule has 0 spiro atoms. The molecule has 8 nitrogen and oxygen atoms in total. The van der Waals surface area contributed by atoms with Gasteiger partial charge in [0, 0.05) is 29.9 Å². The molecule has 1 aromatic carbocycles. The van der Waals surface area contributed by atoms with Crippen LogP contribution in [0.3, 0.4) is 0 Å². The van der Waals surface area contributed by atoms with Crippen molar-refractivity contribution in [2.24, 2.45) is 0 Å². The number of aryl methyl sites for hydroxylation is 1. The maximum absolute atomic E-state index is 12.0. The van der Waals surface area contributed by atoms with Crippen molar-refractivity contribution in [3.05, 3.63) is 53.2 Å². The van der Waals surface area contributed by atoms with Crippen molar-refractivity contribution in [3.8, 4) is 11.3 Å². The van der Waals surface area contributed by atoms with Crippen molar-refractivity contribution in [3.63, 3.8) is 0 Å². The number of hydrogen-bond donors (Lipinski definition) is 3. The maximum Gasteiger partial charge on any atom is 0.296 e. The predicted octanol–water partition coefficient (Wildman–Crippen LogP) is 2.49.